The van der Waals surface area contributed by atoms with Crippen LogP contribution in [0.1, 0.15) is 5.56 Å². The molecule has 0 fully saturated rings. The Hall–Kier alpha value is -2.67. The van der Waals surface area contributed by atoms with Gasteiger partial charge in [0, 0.05) is 11.3 Å². The number of halogens is 1. The van der Waals surface area contributed by atoms with Crippen LogP contribution in [0.2, 0.25) is 0 Å². The van der Waals surface area contributed by atoms with E-state index in [1.165, 1.54) is 18.2 Å². The predicted molar refractivity (Wildman–Crippen MR) is 69.3 cm³/mol. The van der Waals surface area contributed by atoms with Crippen molar-refractivity contribution in [2.45, 2.75) is 0 Å². The van der Waals surface area contributed by atoms with Crippen molar-refractivity contribution in [3.05, 3.63) is 59.5 Å². The number of allylic oxidation sites excluding steroid dienone is 5. The van der Waals surface area contributed by atoms with Gasteiger partial charge >= 0.3 is 0 Å². The molecule has 92 valence electrons. The first-order chi connectivity index (χ1) is 9.20. The molecule has 1 aliphatic heterocycles. The van der Waals surface area contributed by atoms with Gasteiger partial charge < -0.3 is 5.32 Å². The van der Waals surface area contributed by atoms with Crippen LogP contribution in [0.25, 0.3) is 5.57 Å². The molecule has 0 saturated carbocycles. The topological polar surface area (TPSA) is 52.9 Å². The molecule has 3 rings (SSSR count). The average Bonchev–Trinajstić information content (AvgIpc) is 2.74. The van der Waals surface area contributed by atoms with Crippen LogP contribution in [0.4, 0.5) is 10.1 Å². The van der Waals surface area contributed by atoms with Crippen molar-refractivity contribution in [3.8, 4) is 6.07 Å². The van der Waals surface area contributed by atoms with Gasteiger partial charge in [0.15, 0.2) is 0 Å². The highest BCUT2D eigenvalue weighted by Gasteiger charge is 2.29. The van der Waals surface area contributed by atoms with E-state index in [-0.39, 0.29) is 5.91 Å². The number of nitrogens with one attached hydrogen (secondary N) is 1. The summed E-state index contributed by atoms with van der Waals surface area (Å²) in [5.74, 6) is -1.19. The number of hydrogen-bond donors (Lipinski definition) is 1. The molecule has 1 aliphatic carbocycles. The molecule has 0 radical (unpaired) electrons. The van der Waals surface area contributed by atoms with Gasteiger partial charge in [-0.1, -0.05) is 24.3 Å². The molecule has 1 atom stereocenters. The summed E-state index contributed by atoms with van der Waals surface area (Å²) in [7, 11) is 0. The second-order valence-electron chi connectivity index (χ2n) is 4.33. The van der Waals surface area contributed by atoms with Gasteiger partial charge in [0.05, 0.1) is 17.6 Å². The fourth-order valence-corrected chi connectivity index (χ4v) is 2.32. The van der Waals surface area contributed by atoms with E-state index in [1.54, 1.807) is 24.3 Å². The molecule has 4 heteroatoms. The van der Waals surface area contributed by atoms with Gasteiger partial charge in [0.25, 0.3) is 5.91 Å². The molecule has 1 aromatic carbocycles. The van der Waals surface area contributed by atoms with Crippen molar-refractivity contribution in [2.24, 2.45) is 5.92 Å². The Morgan fingerprint density at radius 1 is 1.32 bits per heavy atom. The third-order valence-corrected chi connectivity index (χ3v) is 3.18. The van der Waals surface area contributed by atoms with Crippen molar-refractivity contribution in [3.63, 3.8) is 0 Å². The summed E-state index contributed by atoms with van der Waals surface area (Å²) >= 11 is 0. The summed E-state index contributed by atoms with van der Waals surface area (Å²) in [6.45, 7) is 0. The van der Waals surface area contributed by atoms with Crippen LogP contribution < -0.4 is 5.32 Å². The van der Waals surface area contributed by atoms with E-state index in [1.807, 2.05) is 0 Å². The van der Waals surface area contributed by atoms with Crippen molar-refractivity contribution in [1.29, 1.82) is 5.26 Å². The van der Waals surface area contributed by atoms with E-state index in [2.05, 4.69) is 11.4 Å². The van der Waals surface area contributed by atoms with Gasteiger partial charge in [-0.3, -0.25) is 4.79 Å². The molecular formula is C15H9FN2O. The maximum atomic E-state index is 13.3. The molecule has 0 bridgehead atoms. The van der Waals surface area contributed by atoms with Gasteiger partial charge in [0.1, 0.15) is 5.82 Å². The highest BCUT2D eigenvalue weighted by molar-refractivity contribution is 6.32. The lowest BCUT2D eigenvalue weighted by atomic mass is 9.89. The summed E-state index contributed by atoms with van der Waals surface area (Å²) in [6.07, 6.45) is 6.97. The van der Waals surface area contributed by atoms with E-state index < -0.39 is 11.7 Å². The van der Waals surface area contributed by atoms with E-state index >= 15 is 0 Å². The molecule has 1 aromatic rings. The monoisotopic (exact) mass is 252 g/mol. The fourth-order valence-electron chi connectivity index (χ4n) is 2.32. The zero-order valence-corrected chi connectivity index (χ0v) is 9.85. The van der Waals surface area contributed by atoms with Gasteiger partial charge in [-0.15, -0.1) is 0 Å². The number of fused-ring (bicyclic) bond motifs is 1. The highest BCUT2D eigenvalue weighted by Crippen LogP contribution is 2.37. The third-order valence-electron chi connectivity index (χ3n) is 3.18. The van der Waals surface area contributed by atoms with Crippen LogP contribution in [0.5, 0.6) is 0 Å². The molecule has 0 spiro atoms. The molecule has 3 nitrogen and oxygen atoms in total. The summed E-state index contributed by atoms with van der Waals surface area (Å²) in [6, 6.07) is 6.27. The van der Waals surface area contributed by atoms with Gasteiger partial charge in [-0.05, 0) is 23.8 Å². The van der Waals surface area contributed by atoms with Crippen LogP contribution >= 0.6 is 0 Å². The van der Waals surface area contributed by atoms with Gasteiger partial charge in [-0.25, -0.2) is 4.39 Å². The molecule has 1 heterocycles. The van der Waals surface area contributed by atoms with Gasteiger partial charge in [0.2, 0.25) is 0 Å². The molecule has 2 aliphatic rings. The Morgan fingerprint density at radius 3 is 2.95 bits per heavy atom. The van der Waals surface area contributed by atoms with Crippen LogP contribution in [0.15, 0.2) is 48.1 Å². The average molecular weight is 252 g/mol. The second-order valence-corrected chi connectivity index (χ2v) is 4.33. The third kappa shape index (κ3) is 1.76. The normalized spacial score (nSPS) is 24.0. The van der Waals surface area contributed by atoms with Crippen LogP contribution in [0.3, 0.4) is 0 Å². The number of nitriles is 1. The summed E-state index contributed by atoms with van der Waals surface area (Å²) in [5.41, 5.74) is 2.07. The summed E-state index contributed by atoms with van der Waals surface area (Å²) < 4.78 is 13.3. The van der Waals surface area contributed by atoms with E-state index in [4.69, 9.17) is 5.26 Å². The Morgan fingerprint density at radius 2 is 2.16 bits per heavy atom. The smallest absolute Gasteiger partial charge is 0.256 e. The van der Waals surface area contributed by atoms with Crippen molar-refractivity contribution < 1.29 is 9.18 Å². The largest absolute Gasteiger partial charge is 0.321 e. The van der Waals surface area contributed by atoms with Crippen molar-refractivity contribution in [1.82, 2.24) is 0 Å². The van der Waals surface area contributed by atoms with Crippen molar-refractivity contribution >= 4 is 17.2 Å². The number of hydrogen-bond acceptors (Lipinski definition) is 2. The number of anilines is 1. The predicted octanol–water partition coefficient (Wildman–Crippen LogP) is 2.80. The molecule has 1 unspecified atom stereocenters. The highest BCUT2D eigenvalue weighted by atomic mass is 19.1. The Balaban J connectivity index is 2.24. The minimum atomic E-state index is -0.486. The molecule has 1 amide bonds. The van der Waals surface area contributed by atoms with Gasteiger partial charge in [-0.2, -0.15) is 5.26 Å². The fraction of sp³-hybridized carbons (Fsp3) is 0.0667. The summed E-state index contributed by atoms with van der Waals surface area (Å²) in [5, 5.41) is 11.8. The SMILES string of the molecule is N#CC1C=CC=C/C1=C1/C(=O)Nc2ccc(F)cc21. The lowest BCUT2D eigenvalue weighted by Crippen LogP contribution is -2.09. The lowest BCUT2D eigenvalue weighted by molar-refractivity contribution is -0.110. The Kier molecular flexibility index (Phi) is 2.53. The van der Waals surface area contributed by atoms with Crippen molar-refractivity contribution in [2.75, 3.05) is 5.32 Å². The first-order valence-corrected chi connectivity index (χ1v) is 5.80. The molecule has 0 saturated heterocycles. The second kappa shape index (κ2) is 4.21. The van der Waals surface area contributed by atoms with Crippen LogP contribution in [0, 0.1) is 23.1 Å². The Labute approximate surface area is 109 Å². The minimum Gasteiger partial charge on any atom is -0.321 e. The van der Waals surface area contributed by atoms with Crippen LogP contribution in [-0.4, -0.2) is 5.91 Å². The number of carbonyl (C=O) groups is 1. The van der Waals surface area contributed by atoms with E-state index in [9.17, 15) is 9.18 Å². The van der Waals surface area contributed by atoms with E-state index in [0.29, 0.717) is 22.4 Å². The van der Waals surface area contributed by atoms with Crippen LogP contribution in [-0.2, 0) is 4.79 Å². The standard InChI is InChI=1S/C15H9FN2O/c16-10-5-6-13-12(7-10)14(15(19)18-13)11-4-2-1-3-9(11)8-17/h1-7,9H,(H,18,19)/b14-11-. The maximum absolute atomic E-state index is 13.3. The minimum absolute atomic E-state index is 0.296. The number of rotatable bonds is 0. The first-order valence-electron chi connectivity index (χ1n) is 5.80. The van der Waals surface area contributed by atoms with E-state index in [0.717, 1.165) is 0 Å². The quantitative estimate of drug-likeness (QED) is 0.722. The number of carbonyl (C=O) groups excluding carboxylic acids is 1. The number of benzene rings is 1. The molecule has 0 aromatic heterocycles. The zero-order chi connectivity index (χ0) is 13.4. The first kappa shape index (κ1) is 11.4. The lowest BCUT2D eigenvalue weighted by Gasteiger charge is -2.12. The maximum Gasteiger partial charge on any atom is 0.256 e. The zero-order valence-electron chi connectivity index (χ0n) is 9.85. The molecular weight excluding hydrogens is 243 g/mol. The number of nitrogens with zero attached hydrogens (tertiary/aromatic N) is 1. The molecule has 1 N–H and O–H groups in total. The Bertz CT molecular complexity index is 707. The summed E-state index contributed by atoms with van der Waals surface area (Å²) in [4.78, 5) is 12.0. The molecule has 19 heavy (non-hydrogen) atoms. The number of amides is 1.